The van der Waals surface area contributed by atoms with Crippen molar-refractivity contribution in [2.75, 3.05) is 19.0 Å². The first-order valence-electron chi connectivity index (χ1n) is 7.83. The van der Waals surface area contributed by atoms with Gasteiger partial charge >= 0.3 is 5.97 Å². The molecule has 0 radical (unpaired) electrons. The molecule has 1 aliphatic rings. The number of hydrogen-bond acceptors (Lipinski definition) is 6. The standard InChI is InChI=1S/C17H15ClN2O6/c1-26-15-12(13(21)14(15)22)19-9-5-2-4-8(11(9)18)16(23)20-7-3-6-10(20)17(24)25/h2,4-5,10,19H,3,6-7H2,1H3,(H,24,25). The topological polar surface area (TPSA) is 113 Å². The van der Waals surface area contributed by atoms with Crippen molar-refractivity contribution >= 4 is 34.9 Å². The summed E-state index contributed by atoms with van der Waals surface area (Å²) < 4.78 is 4.86. The van der Waals surface area contributed by atoms with E-state index in [4.69, 9.17) is 16.3 Å². The van der Waals surface area contributed by atoms with Crippen molar-refractivity contribution < 1.29 is 19.4 Å². The number of benzene rings is 1. The number of ether oxygens (including phenoxy) is 1. The number of likely N-dealkylation sites (tertiary alicyclic amines) is 1. The number of hydrogen-bond donors (Lipinski definition) is 2. The third kappa shape index (κ3) is 2.82. The monoisotopic (exact) mass is 378 g/mol. The number of methoxy groups -OCH3 is 1. The van der Waals surface area contributed by atoms with Gasteiger partial charge in [0.05, 0.1) is 23.4 Å². The van der Waals surface area contributed by atoms with Crippen molar-refractivity contribution in [2.24, 2.45) is 0 Å². The Balaban J connectivity index is 1.91. The van der Waals surface area contributed by atoms with Crippen LogP contribution in [0.4, 0.5) is 11.4 Å². The van der Waals surface area contributed by atoms with Crippen LogP contribution in [0.3, 0.4) is 0 Å². The highest BCUT2D eigenvalue weighted by molar-refractivity contribution is 6.36. The molecule has 1 unspecified atom stereocenters. The number of rotatable bonds is 5. The maximum atomic E-state index is 12.7. The molecule has 0 bridgehead atoms. The van der Waals surface area contributed by atoms with Crippen LogP contribution in [0.15, 0.2) is 27.8 Å². The summed E-state index contributed by atoms with van der Waals surface area (Å²) in [6.45, 7) is 0.329. The Kier molecular flexibility index (Phi) is 4.69. The summed E-state index contributed by atoms with van der Waals surface area (Å²) in [4.78, 5) is 48.4. The number of aliphatic carboxylic acids is 1. The van der Waals surface area contributed by atoms with Gasteiger partial charge in [0.1, 0.15) is 11.7 Å². The fourth-order valence-electron chi connectivity index (χ4n) is 3.03. The summed E-state index contributed by atoms with van der Waals surface area (Å²) in [5, 5.41) is 12.0. The number of nitrogens with zero attached hydrogens (tertiary/aromatic N) is 1. The molecule has 2 N–H and O–H groups in total. The van der Waals surface area contributed by atoms with Gasteiger partial charge in [-0.15, -0.1) is 0 Å². The van der Waals surface area contributed by atoms with Gasteiger partial charge in [0.25, 0.3) is 16.8 Å². The molecule has 1 fully saturated rings. The van der Waals surface area contributed by atoms with Crippen molar-refractivity contribution in [2.45, 2.75) is 18.9 Å². The van der Waals surface area contributed by atoms with Crippen LogP contribution in [-0.2, 0) is 4.79 Å². The third-order valence-corrected chi connectivity index (χ3v) is 4.77. The highest BCUT2D eigenvalue weighted by Crippen LogP contribution is 2.32. The van der Waals surface area contributed by atoms with Crippen molar-refractivity contribution in [3.05, 3.63) is 49.2 Å². The quantitative estimate of drug-likeness (QED) is 0.755. The molecule has 2 aromatic carbocycles. The van der Waals surface area contributed by atoms with E-state index in [2.05, 4.69) is 5.32 Å². The van der Waals surface area contributed by atoms with Gasteiger partial charge in [-0.2, -0.15) is 0 Å². The lowest BCUT2D eigenvalue weighted by Crippen LogP contribution is -2.40. The Hall–Kier alpha value is -2.87. The molecule has 2 aromatic rings. The molecule has 9 heteroatoms. The molecule has 1 heterocycles. The van der Waals surface area contributed by atoms with E-state index in [1.807, 2.05) is 0 Å². The summed E-state index contributed by atoms with van der Waals surface area (Å²) in [7, 11) is 1.27. The van der Waals surface area contributed by atoms with E-state index in [1.54, 1.807) is 6.07 Å². The fourth-order valence-corrected chi connectivity index (χ4v) is 3.28. The first kappa shape index (κ1) is 17.9. The number of carbonyl (C=O) groups excluding carboxylic acids is 1. The number of amides is 1. The zero-order chi connectivity index (χ0) is 19.0. The minimum atomic E-state index is -1.06. The van der Waals surface area contributed by atoms with Crippen LogP contribution in [0.5, 0.6) is 5.75 Å². The number of anilines is 2. The van der Waals surface area contributed by atoms with Crippen molar-refractivity contribution in [1.29, 1.82) is 0 Å². The average Bonchev–Trinajstić information content (AvgIpc) is 3.12. The van der Waals surface area contributed by atoms with E-state index in [9.17, 15) is 24.3 Å². The zero-order valence-electron chi connectivity index (χ0n) is 13.7. The van der Waals surface area contributed by atoms with E-state index >= 15 is 0 Å². The molecule has 1 amide bonds. The lowest BCUT2D eigenvalue weighted by Gasteiger charge is -2.22. The van der Waals surface area contributed by atoms with Crippen LogP contribution in [-0.4, -0.2) is 41.6 Å². The molecule has 1 saturated heterocycles. The smallest absolute Gasteiger partial charge is 0.326 e. The van der Waals surface area contributed by atoms with E-state index in [1.165, 1.54) is 24.1 Å². The molecule has 0 aromatic heterocycles. The van der Waals surface area contributed by atoms with Crippen molar-refractivity contribution in [3.63, 3.8) is 0 Å². The van der Waals surface area contributed by atoms with Crippen LogP contribution in [0.25, 0.3) is 0 Å². The Morgan fingerprint density at radius 3 is 2.69 bits per heavy atom. The van der Waals surface area contributed by atoms with Gasteiger partial charge in [-0.05, 0) is 25.0 Å². The predicted octanol–water partition coefficient (Wildman–Crippen LogP) is 1.38. The molecule has 0 aliphatic carbocycles. The van der Waals surface area contributed by atoms with Crippen molar-refractivity contribution in [1.82, 2.24) is 4.90 Å². The summed E-state index contributed by atoms with van der Waals surface area (Å²) in [6.07, 6.45) is 0.982. The molecular formula is C17H15ClN2O6. The van der Waals surface area contributed by atoms with Crippen molar-refractivity contribution in [3.8, 4) is 5.75 Å². The van der Waals surface area contributed by atoms with Gasteiger partial charge in [0.15, 0.2) is 5.75 Å². The van der Waals surface area contributed by atoms with Crippen LogP contribution >= 0.6 is 11.6 Å². The number of nitrogens with one attached hydrogen (secondary N) is 1. The maximum Gasteiger partial charge on any atom is 0.326 e. The second-order valence-electron chi connectivity index (χ2n) is 5.85. The number of halogens is 1. The highest BCUT2D eigenvalue weighted by atomic mass is 35.5. The largest absolute Gasteiger partial charge is 0.491 e. The van der Waals surface area contributed by atoms with E-state index in [0.29, 0.717) is 19.4 Å². The lowest BCUT2D eigenvalue weighted by atomic mass is 10.1. The number of carbonyl (C=O) groups is 2. The number of carboxylic acids is 1. The number of carboxylic acid groups (broad SMARTS) is 1. The molecule has 136 valence electrons. The molecular weight excluding hydrogens is 364 g/mol. The van der Waals surface area contributed by atoms with Gasteiger partial charge < -0.3 is 20.1 Å². The summed E-state index contributed by atoms with van der Waals surface area (Å²) in [6, 6.07) is 3.68. The molecule has 1 aliphatic heterocycles. The second-order valence-corrected chi connectivity index (χ2v) is 6.23. The Morgan fingerprint density at radius 2 is 2.04 bits per heavy atom. The van der Waals surface area contributed by atoms with E-state index < -0.39 is 28.8 Å². The average molecular weight is 379 g/mol. The predicted molar refractivity (Wildman–Crippen MR) is 94.3 cm³/mol. The van der Waals surface area contributed by atoms with Gasteiger partial charge in [-0.25, -0.2) is 4.79 Å². The second kappa shape index (κ2) is 6.80. The SMILES string of the molecule is COc1c(Nc2cccc(C(=O)N3CCCC3C(=O)O)c2Cl)c(=O)c1=O. The van der Waals surface area contributed by atoms with Crippen LogP contribution in [0.2, 0.25) is 5.02 Å². The van der Waals surface area contributed by atoms with E-state index in [0.717, 1.165) is 0 Å². The Morgan fingerprint density at radius 1 is 1.31 bits per heavy atom. The molecule has 8 nitrogen and oxygen atoms in total. The van der Waals surface area contributed by atoms with Crippen LogP contribution in [0, 0.1) is 0 Å². The zero-order valence-corrected chi connectivity index (χ0v) is 14.5. The molecule has 1 atom stereocenters. The van der Waals surface area contributed by atoms with Gasteiger partial charge in [-0.3, -0.25) is 14.4 Å². The maximum absolute atomic E-state index is 12.7. The fraction of sp³-hybridized carbons (Fsp3) is 0.294. The summed E-state index contributed by atoms with van der Waals surface area (Å²) in [5.74, 6) is -1.66. The summed E-state index contributed by atoms with van der Waals surface area (Å²) >= 11 is 6.29. The molecule has 26 heavy (non-hydrogen) atoms. The lowest BCUT2D eigenvalue weighted by molar-refractivity contribution is -0.141. The molecule has 0 saturated carbocycles. The molecule has 3 rings (SSSR count). The highest BCUT2D eigenvalue weighted by Gasteiger charge is 2.35. The third-order valence-electron chi connectivity index (χ3n) is 4.36. The Labute approximate surface area is 152 Å². The minimum Gasteiger partial charge on any atom is -0.491 e. The first-order chi connectivity index (χ1) is 12.4. The Bertz CT molecular complexity index is 963. The first-order valence-corrected chi connectivity index (χ1v) is 8.21. The minimum absolute atomic E-state index is 0.0311. The van der Waals surface area contributed by atoms with E-state index in [-0.39, 0.29) is 27.7 Å². The summed E-state index contributed by atoms with van der Waals surface area (Å²) in [5.41, 5.74) is -1.15. The van der Waals surface area contributed by atoms with Gasteiger partial charge in [0.2, 0.25) is 0 Å². The van der Waals surface area contributed by atoms with Gasteiger partial charge in [-0.1, -0.05) is 17.7 Å². The van der Waals surface area contributed by atoms with Gasteiger partial charge in [0, 0.05) is 6.54 Å². The van der Waals surface area contributed by atoms with Crippen LogP contribution < -0.4 is 20.9 Å². The van der Waals surface area contributed by atoms with Crippen LogP contribution in [0.1, 0.15) is 23.2 Å². The molecule has 0 spiro atoms. The normalized spacial score (nSPS) is 16.7.